The van der Waals surface area contributed by atoms with Gasteiger partial charge in [0.1, 0.15) is 11.4 Å². The van der Waals surface area contributed by atoms with Crippen LogP contribution in [0.4, 0.5) is 4.79 Å². The van der Waals surface area contributed by atoms with Gasteiger partial charge in [-0.2, -0.15) is 0 Å². The van der Waals surface area contributed by atoms with Crippen molar-refractivity contribution in [3.8, 4) is 0 Å². The summed E-state index contributed by atoms with van der Waals surface area (Å²) in [5.74, 6) is 0.232. The van der Waals surface area contributed by atoms with Crippen molar-refractivity contribution in [2.75, 3.05) is 19.6 Å². The van der Waals surface area contributed by atoms with Gasteiger partial charge < -0.3 is 15.0 Å². The topological polar surface area (TPSA) is 58.6 Å². The van der Waals surface area contributed by atoms with Gasteiger partial charge in [0.2, 0.25) is 0 Å². The molecule has 0 aromatic carbocycles. The highest BCUT2D eigenvalue weighted by atomic mass is 35.5. The molecule has 6 heteroatoms. The standard InChI is InChI=1S/C12H20N2O3.ClH/c1-11(2,3)17-10(16)14-5-4-12(8-14)6-9(15)7-13-12;/h13H,4-8H2,1-3H3;1H. The molecule has 0 aliphatic carbocycles. The summed E-state index contributed by atoms with van der Waals surface area (Å²) >= 11 is 0. The van der Waals surface area contributed by atoms with Gasteiger partial charge in [0.05, 0.1) is 6.54 Å². The number of ether oxygens (including phenoxy) is 1. The summed E-state index contributed by atoms with van der Waals surface area (Å²) in [7, 11) is 0. The first-order chi connectivity index (χ1) is 7.80. The molecule has 2 saturated heterocycles. The van der Waals surface area contributed by atoms with E-state index in [9.17, 15) is 9.59 Å². The van der Waals surface area contributed by atoms with E-state index in [0.29, 0.717) is 26.1 Å². The van der Waals surface area contributed by atoms with Crippen molar-refractivity contribution in [3.05, 3.63) is 0 Å². The Bertz CT molecular complexity index is 354. The number of ketones is 1. The Hall–Kier alpha value is -0.810. The lowest BCUT2D eigenvalue weighted by Crippen LogP contribution is -2.44. The number of carbonyl (C=O) groups is 2. The lowest BCUT2D eigenvalue weighted by Gasteiger charge is -2.26. The van der Waals surface area contributed by atoms with Crippen LogP contribution in [0.5, 0.6) is 0 Å². The smallest absolute Gasteiger partial charge is 0.410 e. The predicted molar refractivity (Wildman–Crippen MR) is 70.0 cm³/mol. The summed E-state index contributed by atoms with van der Waals surface area (Å²) in [6, 6.07) is 0. The summed E-state index contributed by atoms with van der Waals surface area (Å²) in [6.45, 7) is 7.24. The van der Waals surface area contributed by atoms with Crippen molar-refractivity contribution in [1.29, 1.82) is 0 Å². The minimum atomic E-state index is -0.467. The molecule has 0 radical (unpaired) electrons. The first kappa shape index (κ1) is 15.2. The number of hydrogen-bond donors (Lipinski definition) is 1. The average Bonchev–Trinajstić information content (AvgIpc) is 2.72. The molecule has 2 fully saturated rings. The highest BCUT2D eigenvalue weighted by Crippen LogP contribution is 2.29. The number of nitrogens with one attached hydrogen (secondary N) is 1. The number of rotatable bonds is 0. The van der Waals surface area contributed by atoms with Crippen molar-refractivity contribution >= 4 is 24.3 Å². The number of carbonyl (C=O) groups excluding carboxylic acids is 2. The molecule has 2 aliphatic rings. The molecule has 2 rings (SSSR count). The first-order valence-electron chi connectivity index (χ1n) is 6.04. The van der Waals surface area contributed by atoms with Gasteiger partial charge in [-0.25, -0.2) is 4.79 Å². The third-order valence-corrected chi connectivity index (χ3v) is 3.20. The zero-order valence-electron chi connectivity index (χ0n) is 11.1. The second-order valence-corrected chi connectivity index (χ2v) is 6.00. The molecular weight excluding hydrogens is 256 g/mol. The average molecular weight is 277 g/mol. The van der Waals surface area contributed by atoms with E-state index in [1.165, 1.54) is 0 Å². The van der Waals surface area contributed by atoms with Crippen LogP contribution in [0.3, 0.4) is 0 Å². The van der Waals surface area contributed by atoms with Gasteiger partial charge >= 0.3 is 6.09 Å². The van der Waals surface area contributed by atoms with Crippen LogP contribution in [-0.4, -0.2) is 47.6 Å². The first-order valence-corrected chi connectivity index (χ1v) is 6.04. The molecule has 1 atom stereocenters. The molecule has 5 nitrogen and oxygen atoms in total. The zero-order valence-corrected chi connectivity index (χ0v) is 11.9. The van der Waals surface area contributed by atoms with Crippen LogP contribution in [0, 0.1) is 0 Å². The normalized spacial score (nSPS) is 27.5. The summed E-state index contributed by atoms with van der Waals surface area (Å²) in [4.78, 5) is 24.9. The molecule has 104 valence electrons. The molecule has 18 heavy (non-hydrogen) atoms. The third kappa shape index (κ3) is 3.36. The maximum atomic E-state index is 11.9. The maximum Gasteiger partial charge on any atom is 0.410 e. The van der Waals surface area contributed by atoms with Crippen LogP contribution in [0.15, 0.2) is 0 Å². The second kappa shape index (κ2) is 5.05. The van der Waals surface area contributed by atoms with Gasteiger partial charge in [0.15, 0.2) is 0 Å². The van der Waals surface area contributed by atoms with Crippen LogP contribution in [-0.2, 0) is 9.53 Å². The molecular formula is C12H21ClN2O3. The van der Waals surface area contributed by atoms with Gasteiger partial charge in [0.25, 0.3) is 0 Å². The minimum absolute atomic E-state index is 0. The van der Waals surface area contributed by atoms with Gasteiger partial charge in [-0.1, -0.05) is 0 Å². The highest BCUT2D eigenvalue weighted by Gasteiger charge is 2.45. The molecule has 0 bridgehead atoms. The van der Waals surface area contributed by atoms with Crippen molar-refractivity contribution in [2.24, 2.45) is 0 Å². The highest BCUT2D eigenvalue weighted by molar-refractivity contribution is 5.85. The minimum Gasteiger partial charge on any atom is -0.444 e. The SMILES string of the molecule is CC(C)(C)OC(=O)N1CCC2(CC(=O)CN2)C1.Cl. The lowest BCUT2D eigenvalue weighted by molar-refractivity contribution is -0.116. The molecule has 0 aromatic rings. The number of hydrogen-bond acceptors (Lipinski definition) is 4. The van der Waals surface area contributed by atoms with Crippen LogP contribution < -0.4 is 5.32 Å². The number of amides is 1. The Morgan fingerprint density at radius 1 is 1.44 bits per heavy atom. The van der Waals surface area contributed by atoms with Crippen LogP contribution in [0.1, 0.15) is 33.6 Å². The van der Waals surface area contributed by atoms with Crippen molar-refractivity contribution in [3.63, 3.8) is 0 Å². The molecule has 1 N–H and O–H groups in total. The van der Waals surface area contributed by atoms with Crippen LogP contribution >= 0.6 is 12.4 Å². The number of Topliss-reactive ketones (excluding diaryl/α,β-unsaturated/α-hetero) is 1. The fourth-order valence-corrected chi connectivity index (χ4v) is 2.43. The number of likely N-dealkylation sites (tertiary alicyclic amines) is 1. The van der Waals surface area contributed by atoms with E-state index < -0.39 is 5.60 Å². The summed E-state index contributed by atoms with van der Waals surface area (Å²) in [5.41, 5.74) is -0.653. The van der Waals surface area contributed by atoms with Crippen LogP contribution in [0.25, 0.3) is 0 Å². The molecule has 0 saturated carbocycles. The lowest BCUT2D eigenvalue weighted by atomic mass is 9.97. The Kier molecular flexibility index (Phi) is 4.28. The Morgan fingerprint density at radius 2 is 2.11 bits per heavy atom. The van der Waals surface area contributed by atoms with E-state index in [-0.39, 0.29) is 29.8 Å². The molecule has 0 aromatic heterocycles. The van der Waals surface area contributed by atoms with Crippen molar-refractivity contribution < 1.29 is 14.3 Å². The van der Waals surface area contributed by atoms with Gasteiger partial charge in [-0.05, 0) is 27.2 Å². The fraction of sp³-hybridized carbons (Fsp3) is 0.833. The number of nitrogens with zero attached hydrogens (tertiary/aromatic N) is 1. The largest absolute Gasteiger partial charge is 0.444 e. The molecule has 1 spiro atoms. The molecule has 2 heterocycles. The Balaban J connectivity index is 0.00000162. The monoisotopic (exact) mass is 276 g/mol. The summed E-state index contributed by atoms with van der Waals surface area (Å²) in [6.07, 6.45) is 1.08. The second-order valence-electron chi connectivity index (χ2n) is 6.00. The van der Waals surface area contributed by atoms with Crippen LogP contribution in [0.2, 0.25) is 0 Å². The summed E-state index contributed by atoms with van der Waals surface area (Å²) in [5, 5.41) is 3.23. The van der Waals surface area contributed by atoms with E-state index in [1.54, 1.807) is 4.90 Å². The Labute approximate surface area is 114 Å². The molecule has 2 aliphatic heterocycles. The van der Waals surface area contributed by atoms with Gasteiger partial charge in [0, 0.05) is 25.0 Å². The van der Waals surface area contributed by atoms with E-state index in [2.05, 4.69) is 5.32 Å². The van der Waals surface area contributed by atoms with Gasteiger partial charge in [-0.15, -0.1) is 12.4 Å². The van der Waals surface area contributed by atoms with Gasteiger partial charge in [-0.3, -0.25) is 4.79 Å². The zero-order chi connectivity index (χ0) is 12.7. The molecule has 1 unspecified atom stereocenters. The number of halogens is 1. The molecule has 1 amide bonds. The Morgan fingerprint density at radius 3 is 2.61 bits per heavy atom. The fourth-order valence-electron chi connectivity index (χ4n) is 2.43. The van der Waals surface area contributed by atoms with E-state index in [0.717, 1.165) is 6.42 Å². The summed E-state index contributed by atoms with van der Waals surface area (Å²) < 4.78 is 5.33. The quantitative estimate of drug-likeness (QED) is 0.726. The van der Waals surface area contributed by atoms with E-state index >= 15 is 0 Å². The van der Waals surface area contributed by atoms with Crippen molar-refractivity contribution in [1.82, 2.24) is 10.2 Å². The van der Waals surface area contributed by atoms with E-state index in [4.69, 9.17) is 4.74 Å². The third-order valence-electron chi connectivity index (χ3n) is 3.20. The maximum absolute atomic E-state index is 11.9. The van der Waals surface area contributed by atoms with Crippen molar-refractivity contribution in [2.45, 2.75) is 44.8 Å². The predicted octanol–water partition coefficient (Wildman–Crippen LogP) is 1.35. The van der Waals surface area contributed by atoms with E-state index in [1.807, 2.05) is 20.8 Å².